The minimum absolute atomic E-state index is 0.374. The average molecular weight is 257 g/mol. The Morgan fingerprint density at radius 2 is 2.06 bits per heavy atom. The number of carbonyl (C=O) groups is 1. The molecule has 2 atom stereocenters. The summed E-state index contributed by atoms with van der Waals surface area (Å²) in [5, 5.41) is 2.94. The van der Waals surface area contributed by atoms with Gasteiger partial charge in [0.1, 0.15) is 0 Å². The van der Waals surface area contributed by atoms with Gasteiger partial charge in [-0.25, -0.2) is 8.78 Å². The van der Waals surface area contributed by atoms with Crippen LogP contribution in [0, 0.1) is 17.6 Å². The van der Waals surface area contributed by atoms with Crippen molar-refractivity contribution in [2.75, 3.05) is 14.2 Å². The summed E-state index contributed by atoms with van der Waals surface area (Å²) in [6.07, 6.45) is 0.539. The van der Waals surface area contributed by atoms with E-state index in [2.05, 4.69) is 5.32 Å². The number of benzene rings is 1. The zero-order valence-corrected chi connectivity index (χ0v) is 10.7. The lowest BCUT2D eigenvalue weighted by molar-refractivity contribution is -0.146. The third kappa shape index (κ3) is 3.04. The minimum Gasteiger partial charge on any atom is -0.469 e. The molecule has 0 aromatic heterocycles. The Morgan fingerprint density at radius 3 is 2.50 bits per heavy atom. The number of ether oxygens (including phenoxy) is 1. The van der Waals surface area contributed by atoms with Crippen LogP contribution in [0.1, 0.15) is 24.9 Å². The van der Waals surface area contributed by atoms with Crippen molar-refractivity contribution in [3.63, 3.8) is 0 Å². The number of esters is 1. The van der Waals surface area contributed by atoms with Crippen LogP contribution >= 0.6 is 0 Å². The van der Waals surface area contributed by atoms with E-state index >= 15 is 0 Å². The molecule has 0 fully saturated rings. The van der Waals surface area contributed by atoms with E-state index in [-0.39, 0.29) is 5.97 Å². The van der Waals surface area contributed by atoms with E-state index in [4.69, 9.17) is 4.74 Å². The van der Waals surface area contributed by atoms with Gasteiger partial charge in [0, 0.05) is 6.04 Å². The highest BCUT2D eigenvalue weighted by Gasteiger charge is 2.28. The van der Waals surface area contributed by atoms with Gasteiger partial charge in [0.2, 0.25) is 0 Å². The van der Waals surface area contributed by atoms with E-state index in [9.17, 15) is 13.6 Å². The fraction of sp³-hybridized carbons (Fsp3) is 0.462. The van der Waals surface area contributed by atoms with Crippen LogP contribution in [0.15, 0.2) is 18.2 Å². The first-order valence-corrected chi connectivity index (χ1v) is 5.75. The zero-order chi connectivity index (χ0) is 13.7. The van der Waals surface area contributed by atoms with Crippen molar-refractivity contribution in [1.82, 2.24) is 5.32 Å². The number of methoxy groups -OCH3 is 1. The van der Waals surface area contributed by atoms with Crippen molar-refractivity contribution in [2.45, 2.75) is 19.4 Å². The maximum Gasteiger partial charge on any atom is 0.310 e. The molecule has 0 aliphatic heterocycles. The molecule has 100 valence electrons. The van der Waals surface area contributed by atoms with E-state index < -0.39 is 23.6 Å². The molecule has 1 rings (SSSR count). The van der Waals surface area contributed by atoms with E-state index in [1.165, 1.54) is 13.2 Å². The van der Waals surface area contributed by atoms with Crippen LogP contribution in [0.5, 0.6) is 0 Å². The maximum atomic E-state index is 13.2. The standard InChI is InChI=1S/C13H17F2NO2/c1-4-9(13(17)18-3)12(16-2)8-5-6-10(14)11(15)7-8/h5-7,9,12,16H,4H2,1-3H3. The quantitative estimate of drug-likeness (QED) is 0.823. The Labute approximate surface area is 105 Å². The fourth-order valence-electron chi connectivity index (χ4n) is 2.00. The Balaban J connectivity index is 3.07. The second-order valence-electron chi connectivity index (χ2n) is 3.98. The molecular formula is C13H17F2NO2. The van der Waals surface area contributed by atoms with Gasteiger partial charge in [0.05, 0.1) is 13.0 Å². The summed E-state index contributed by atoms with van der Waals surface area (Å²) in [6.45, 7) is 1.84. The van der Waals surface area contributed by atoms with E-state index in [1.54, 1.807) is 7.05 Å². The smallest absolute Gasteiger partial charge is 0.310 e. The second-order valence-corrected chi connectivity index (χ2v) is 3.98. The van der Waals surface area contributed by atoms with Crippen LogP contribution in [0.4, 0.5) is 8.78 Å². The normalized spacial score (nSPS) is 14.1. The molecule has 0 saturated carbocycles. The summed E-state index contributed by atoms with van der Waals surface area (Å²) < 4.78 is 30.8. The van der Waals surface area contributed by atoms with Gasteiger partial charge in [-0.2, -0.15) is 0 Å². The van der Waals surface area contributed by atoms with Crippen molar-refractivity contribution in [3.8, 4) is 0 Å². The molecule has 1 aromatic carbocycles. The Kier molecular flexibility index (Phi) is 5.22. The Hall–Kier alpha value is -1.49. The molecule has 0 radical (unpaired) electrons. The largest absolute Gasteiger partial charge is 0.469 e. The topological polar surface area (TPSA) is 38.3 Å². The predicted molar refractivity (Wildman–Crippen MR) is 64.0 cm³/mol. The predicted octanol–water partition coefficient (Wildman–Crippen LogP) is 2.42. The molecule has 2 unspecified atom stereocenters. The molecule has 1 aromatic rings. The first-order chi connectivity index (χ1) is 8.54. The number of carbonyl (C=O) groups excluding carboxylic acids is 1. The third-order valence-electron chi connectivity index (χ3n) is 2.96. The van der Waals surface area contributed by atoms with E-state index in [1.807, 2.05) is 6.92 Å². The van der Waals surface area contributed by atoms with Gasteiger partial charge in [-0.1, -0.05) is 13.0 Å². The molecule has 0 heterocycles. The Bertz CT molecular complexity index is 423. The third-order valence-corrected chi connectivity index (χ3v) is 2.96. The van der Waals surface area contributed by atoms with Crippen LogP contribution < -0.4 is 5.32 Å². The minimum atomic E-state index is -0.924. The van der Waals surface area contributed by atoms with Gasteiger partial charge >= 0.3 is 5.97 Å². The fourth-order valence-corrected chi connectivity index (χ4v) is 2.00. The SMILES string of the molecule is CCC(C(=O)OC)C(NC)c1ccc(F)c(F)c1. The number of halogens is 2. The first kappa shape index (κ1) is 14.6. The number of hydrogen-bond donors (Lipinski definition) is 1. The van der Waals surface area contributed by atoms with Crippen molar-refractivity contribution in [2.24, 2.45) is 5.92 Å². The van der Waals surface area contributed by atoms with Crippen LogP contribution in [0.25, 0.3) is 0 Å². The van der Waals surface area contributed by atoms with Crippen LogP contribution in [-0.2, 0) is 9.53 Å². The monoisotopic (exact) mass is 257 g/mol. The van der Waals surface area contributed by atoms with Crippen LogP contribution in [-0.4, -0.2) is 20.1 Å². The van der Waals surface area contributed by atoms with Gasteiger partial charge in [-0.3, -0.25) is 4.79 Å². The highest BCUT2D eigenvalue weighted by atomic mass is 19.2. The molecular weight excluding hydrogens is 240 g/mol. The lowest BCUT2D eigenvalue weighted by atomic mass is 9.91. The number of rotatable bonds is 5. The first-order valence-electron chi connectivity index (χ1n) is 5.75. The molecule has 0 aliphatic rings. The molecule has 0 amide bonds. The van der Waals surface area contributed by atoms with E-state index in [0.717, 1.165) is 12.1 Å². The lowest BCUT2D eigenvalue weighted by Gasteiger charge is -2.24. The number of nitrogens with one attached hydrogen (secondary N) is 1. The highest BCUT2D eigenvalue weighted by Crippen LogP contribution is 2.26. The van der Waals surface area contributed by atoms with E-state index in [0.29, 0.717) is 12.0 Å². The highest BCUT2D eigenvalue weighted by molar-refractivity contribution is 5.73. The molecule has 5 heteroatoms. The van der Waals surface area contributed by atoms with Crippen molar-refractivity contribution in [1.29, 1.82) is 0 Å². The molecule has 0 saturated heterocycles. The van der Waals surface area contributed by atoms with Gasteiger partial charge in [-0.15, -0.1) is 0 Å². The summed E-state index contributed by atoms with van der Waals surface area (Å²) in [6, 6.07) is 3.21. The zero-order valence-electron chi connectivity index (χ0n) is 10.7. The van der Waals surface area contributed by atoms with Gasteiger partial charge in [0.25, 0.3) is 0 Å². The summed E-state index contributed by atoms with van der Waals surface area (Å²) in [7, 11) is 2.97. The lowest BCUT2D eigenvalue weighted by Crippen LogP contribution is -2.31. The molecule has 18 heavy (non-hydrogen) atoms. The molecule has 3 nitrogen and oxygen atoms in total. The van der Waals surface area contributed by atoms with Crippen molar-refractivity contribution < 1.29 is 18.3 Å². The van der Waals surface area contributed by atoms with Gasteiger partial charge < -0.3 is 10.1 Å². The van der Waals surface area contributed by atoms with Gasteiger partial charge in [-0.05, 0) is 31.2 Å². The summed E-state index contributed by atoms with van der Waals surface area (Å²) in [5.74, 6) is -2.64. The molecule has 0 aliphatic carbocycles. The molecule has 0 spiro atoms. The van der Waals surface area contributed by atoms with Crippen LogP contribution in [0.3, 0.4) is 0 Å². The van der Waals surface area contributed by atoms with Crippen LogP contribution in [0.2, 0.25) is 0 Å². The number of hydrogen-bond acceptors (Lipinski definition) is 3. The summed E-state index contributed by atoms with van der Waals surface area (Å²) in [5.41, 5.74) is 0.522. The molecule has 0 bridgehead atoms. The second kappa shape index (κ2) is 6.44. The maximum absolute atomic E-state index is 13.2. The molecule has 1 N–H and O–H groups in total. The van der Waals surface area contributed by atoms with Crippen molar-refractivity contribution >= 4 is 5.97 Å². The van der Waals surface area contributed by atoms with Crippen molar-refractivity contribution in [3.05, 3.63) is 35.4 Å². The average Bonchev–Trinajstić information content (AvgIpc) is 2.38. The Morgan fingerprint density at radius 1 is 1.39 bits per heavy atom. The van der Waals surface area contributed by atoms with Gasteiger partial charge in [0.15, 0.2) is 11.6 Å². The summed E-state index contributed by atoms with van der Waals surface area (Å²) in [4.78, 5) is 11.6. The summed E-state index contributed by atoms with van der Waals surface area (Å²) >= 11 is 0.